The number of ether oxygens (including phenoxy) is 1. The van der Waals surface area contributed by atoms with Crippen LogP contribution in [0, 0.1) is 22.7 Å². The molecule has 0 spiro atoms. The molecule has 1 N–H and O–H groups in total. The Labute approximate surface area is 109 Å². The smallest absolute Gasteiger partial charge is 0.311 e. The molecule has 2 unspecified atom stereocenters. The third kappa shape index (κ3) is 1.49. The summed E-state index contributed by atoms with van der Waals surface area (Å²) in [6.07, 6.45) is 6.21. The average molecular weight is 252 g/mol. The quantitative estimate of drug-likeness (QED) is 0.768. The van der Waals surface area contributed by atoms with Gasteiger partial charge in [-0.1, -0.05) is 0 Å². The van der Waals surface area contributed by atoms with Crippen molar-refractivity contribution in [2.24, 2.45) is 22.7 Å². The van der Waals surface area contributed by atoms with E-state index >= 15 is 0 Å². The van der Waals surface area contributed by atoms with Crippen molar-refractivity contribution in [2.75, 3.05) is 7.11 Å². The second-order valence-electron chi connectivity index (χ2n) is 7.57. The lowest BCUT2D eigenvalue weighted by Crippen LogP contribution is -2.61. The van der Waals surface area contributed by atoms with Gasteiger partial charge in [0.05, 0.1) is 18.1 Å². The minimum atomic E-state index is -0.690. The average Bonchev–Trinajstić information content (AvgIpc) is 2.24. The number of methoxy groups -OCH3 is 1. The van der Waals surface area contributed by atoms with E-state index in [-0.39, 0.29) is 16.8 Å². The van der Waals surface area contributed by atoms with Crippen molar-refractivity contribution in [2.45, 2.75) is 58.0 Å². The first-order valence-electron chi connectivity index (χ1n) is 7.11. The highest BCUT2D eigenvalue weighted by atomic mass is 16.5. The predicted molar refractivity (Wildman–Crippen MR) is 67.9 cm³/mol. The Kier molecular flexibility index (Phi) is 2.42. The van der Waals surface area contributed by atoms with E-state index in [9.17, 15) is 9.90 Å². The van der Waals surface area contributed by atoms with Gasteiger partial charge in [-0.05, 0) is 64.2 Å². The Balaban J connectivity index is 2.00. The molecule has 4 aliphatic rings. The molecule has 0 aliphatic heterocycles. The number of rotatable bonds is 2. The zero-order valence-corrected chi connectivity index (χ0v) is 11.7. The van der Waals surface area contributed by atoms with Crippen LogP contribution in [0.25, 0.3) is 0 Å². The first-order chi connectivity index (χ1) is 8.30. The van der Waals surface area contributed by atoms with E-state index in [1.54, 1.807) is 0 Å². The van der Waals surface area contributed by atoms with Crippen molar-refractivity contribution in [1.29, 1.82) is 0 Å². The molecule has 4 aliphatic carbocycles. The Morgan fingerprint density at radius 2 is 1.78 bits per heavy atom. The third-order valence-electron chi connectivity index (χ3n) is 5.98. The standard InChI is InChI=1S/C15H24O3/c1-13(2,17)15-7-10-4-11(8-15)6-14(5-10,9-15)12(16)18-3/h10-11,17H,4-9H2,1-3H3. The molecule has 0 saturated heterocycles. The molecule has 0 aromatic carbocycles. The summed E-state index contributed by atoms with van der Waals surface area (Å²) in [5.41, 5.74) is -1.05. The lowest BCUT2D eigenvalue weighted by molar-refractivity contribution is -0.207. The number of carbonyl (C=O) groups excluding carboxylic acids is 1. The predicted octanol–water partition coefficient (Wildman–Crippen LogP) is 2.52. The van der Waals surface area contributed by atoms with Gasteiger partial charge in [0, 0.05) is 5.41 Å². The van der Waals surface area contributed by atoms with Crippen molar-refractivity contribution < 1.29 is 14.6 Å². The van der Waals surface area contributed by atoms with Crippen LogP contribution >= 0.6 is 0 Å². The first-order valence-corrected chi connectivity index (χ1v) is 7.11. The molecular formula is C15H24O3. The molecule has 0 aromatic heterocycles. The zero-order chi connectivity index (χ0) is 13.2. The molecule has 0 radical (unpaired) electrons. The van der Waals surface area contributed by atoms with Gasteiger partial charge in [-0.3, -0.25) is 4.79 Å². The van der Waals surface area contributed by atoms with Crippen LogP contribution in [0.1, 0.15) is 52.4 Å². The number of hydrogen-bond acceptors (Lipinski definition) is 3. The number of aliphatic hydroxyl groups is 1. The van der Waals surface area contributed by atoms with Crippen molar-refractivity contribution in [3.63, 3.8) is 0 Å². The molecule has 3 nitrogen and oxygen atoms in total. The first kappa shape index (κ1) is 12.5. The summed E-state index contributed by atoms with van der Waals surface area (Å²) in [6.45, 7) is 3.84. The van der Waals surface area contributed by atoms with Gasteiger partial charge in [-0.25, -0.2) is 0 Å². The van der Waals surface area contributed by atoms with E-state index in [4.69, 9.17) is 4.74 Å². The topological polar surface area (TPSA) is 46.5 Å². The van der Waals surface area contributed by atoms with Crippen molar-refractivity contribution in [1.82, 2.24) is 0 Å². The SMILES string of the molecule is COC(=O)C12CC3CC(C1)CC(C(C)(C)O)(C3)C2. The molecule has 4 fully saturated rings. The Bertz CT molecular complexity index is 366. The van der Waals surface area contributed by atoms with Crippen LogP contribution in [-0.4, -0.2) is 23.8 Å². The summed E-state index contributed by atoms with van der Waals surface area (Å²) < 4.78 is 5.07. The highest BCUT2D eigenvalue weighted by Crippen LogP contribution is 2.68. The zero-order valence-electron chi connectivity index (χ0n) is 11.7. The second kappa shape index (κ2) is 3.50. The van der Waals surface area contributed by atoms with Crippen LogP contribution < -0.4 is 0 Å². The van der Waals surface area contributed by atoms with E-state index in [2.05, 4.69) is 0 Å². The molecule has 3 heteroatoms. The molecule has 2 atom stereocenters. The van der Waals surface area contributed by atoms with Crippen molar-refractivity contribution in [3.05, 3.63) is 0 Å². The highest BCUT2D eigenvalue weighted by Gasteiger charge is 2.64. The molecule has 102 valence electrons. The van der Waals surface area contributed by atoms with E-state index in [0.717, 1.165) is 32.1 Å². The minimum absolute atomic E-state index is 0.0368. The van der Waals surface area contributed by atoms with Crippen LogP contribution in [0.3, 0.4) is 0 Å². The van der Waals surface area contributed by atoms with E-state index in [1.807, 2.05) is 13.8 Å². The Morgan fingerprint density at radius 3 is 2.22 bits per heavy atom. The summed E-state index contributed by atoms with van der Waals surface area (Å²) >= 11 is 0. The van der Waals surface area contributed by atoms with Crippen molar-refractivity contribution in [3.8, 4) is 0 Å². The summed E-state index contributed by atoms with van der Waals surface area (Å²) in [5.74, 6) is 1.18. The maximum Gasteiger partial charge on any atom is 0.311 e. The molecule has 0 aromatic rings. The highest BCUT2D eigenvalue weighted by molar-refractivity contribution is 5.77. The fourth-order valence-corrected chi connectivity index (χ4v) is 5.43. The summed E-state index contributed by atoms with van der Waals surface area (Å²) in [4.78, 5) is 12.2. The Hall–Kier alpha value is -0.570. The number of hydrogen-bond donors (Lipinski definition) is 1. The van der Waals surface area contributed by atoms with Crippen LogP contribution in [0.2, 0.25) is 0 Å². The van der Waals surface area contributed by atoms with Gasteiger partial charge in [0.25, 0.3) is 0 Å². The van der Waals surface area contributed by atoms with E-state index in [1.165, 1.54) is 13.5 Å². The fraction of sp³-hybridized carbons (Fsp3) is 0.933. The molecule has 0 heterocycles. The Morgan fingerprint density at radius 1 is 1.22 bits per heavy atom. The maximum atomic E-state index is 12.2. The summed E-state index contributed by atoms with van der Waals surface area (Å²) in [6, 6.07) is 0. The maximum absolute atomic E-state index is 12.2. The van der Waals surface area contributed by atoms with Gasteiger partial charge in [0.15, 0.2) is 0 Å². The van der Waals surface area contributed by atoms with Gasteiger partial charge >= 0.3 is 5.97 Å². The van der Waals surface area contributed by atoms with Crippen molar-refractivity contribution >= 4 is 5.97 Å². The lowest BCUT2D eigenvalue weighted by Gasteiger charge is -2.64. The molecule has 4 rings (SSSR count). The third-order valence-corrected chi connectivity index (χ3v) is 5.98. The van der Waals surface area contributed by atoms with Gasteiger partial charge < -0.3 is 9.84 Å². The van der Waals surface area contributed by atoms with Gasteiger partial charge in [-0.2, -0.15) is 0 Å². The summed E-state index contributed by atoms with van der Waals surface area (Å²) in [5, 5.41) is 10.6. The second-order valence-corrected chi connectivity index (χ2v) is 7.57. The molecular weight excluding hydrogens is 228 g/mol. The van der Waals surface area contributed by atoms with Crippen LogP contribution in [0.15, 0.2) is 0 Å². The fourth-order valence-electron chi connectivity index (χ4n) is 5.43. The largest absolute Gasteiger partial charge is 0.469 e. The lowest BCUT2D eigenvalue weighted by atomic mass is 9.41. The minimum Gasteiger partial charge on any atom is -0.469 e. The van der Waals surface area contributed by atoms with Crippen LogP contribution in [-0.2, 0) is 9.53 Å². The van der Waals surface area contributed by atoms with Gasteiger partial charge in [0.1, 0.15) is 0 Å². The number of carbonyl (C=O) groups is 1. The molecule has 4 saturated carbocycles. The molecule has 4 bridgehead atoms. The van der Waals surface area contributed by atoms with Crippen LogP contribution in [0.5, 0.6) is 0 Å². The molecule has 0 amide bonds. The monoisotopic (exact) mass is 252 g/mol. The molecule has 18 heavy (non-hydrogen) atoms. The van der Waals surface area contributed by atoms with E-state index in [0.29, 0.717) is 11.8 Å². The van der Waals surface area contributed by atoms with Gasteiger partial charge in [0.2, 0.25) is 0 Å². The normalized spacial score (nSPS) is 46.2. The number of esters is 1. The summed E-state index contributed by atoms with van der Waals surface area (Å²) in [7, 11) is 1.50. The van der Waals surface area contributed by atoms with Crippen LogP contribution in [0.4, 0.5) is 0 Å². The van der Waals surface area contributed by atoms with E-state index < -0.39 is 5.60 Å². The van der Waals surface area contributed by atoms with Gasteiger partial charge in [-0.15, -0.1) is 0 Å².